The van der Waals surface area contributed by atoms with Crippen molar-refractivity contribution in [2.24, 2.45) is 0 Å². The average molecular weight is 426 g/mol. The predicted octanol–water partition coefficient (Wildman–Crippen LogP) is 2.86. The van der Waals surface area contributed by atoms with Gasteiger partial charge in [-0.15, -0.1) is 0 Å². The van der Waals surface area contributed by atoms with Crippen LogP contribution in [0.15, 0.2) is 42.5 Å². The SMILES string of the molecule is O=C(CN(Cc1ccc(F)cc1)C1CC1)N1CCN(Cc2ccc3c(c2)OCO3)CC1. The molecule has 5 rings (SSSR count). The topological polar surface area (TPSA) is 45.3 Å². The Labute approximate surface area is 182 Å². The Morgan fingerprint density at radius 2 is 1.68 bits per heavy atom. The molecule has 1 aliphatic carbocycles. The third-order valence-corrected chi connectivity index (χ3v) is 6.27. The molecule has 0 radical (unpaired) electrons. The molecule has 0 N–H and O–H groups in total. The molecule has 2 aliphatic heterocycles. The molecule has 2 fully saturated rings. The zero-order valence-electron chi connectivity index (χ0n) is 17.6. The number of nitrogens with zero attached hydrogens (tertiary/aromatic N) is 3. The van der Waals surface area contributed by atoms with Crippen molar-refractivity contribution in [3.63, 3.8) is 0 Å². The van der Waals surface area contributed by atoms with E-state index in [4.69, 9.17) is 9.47 Å². The van der Waals surface area contributed by atoms with E-state index in [-0.39, 0.29) is 11.7 Å². The van der Waals surface area contributed by atoms with Gasteiger partial charge in [0.15, 0.2) is 11.5 Å². The maximum atomic E-state index is 13.2. The number of fused-ring (bicyclic) bond motifs is 1. The summed E-state index contributed by atoms with van der Waals surface area (Å²) in [6.45, 7) is 5.49. The second-order valence-corrected chi connectivity index (χ2v) is 8.61. The first-order valence-electron chi connectivity index (χ1n) is 11.0. The lowest BCUT2D eigenvalue weighted by molar-refractivity contribution is -0.134. The summed E-state index contributed by atoms with van der Waals surface area (Å²) in [7, 11) is 0. The number of hydrogen-bond acceptors (Lipinski definition) is 5. The lowest BCUT2D eigenvalue weighted by Crippen LogP contribution is -2.51. The van der Waals surface area contributed by atoms with Crippen LogP contribution in [-0.4, -0.2) is 66.2 Å². The van der Waals surface area contributed by atoms with Crippen LogP contribution < -0.4 is 9.47 Å². The predicted molar refractivity (Wildman–Crippen MR) is 114 cm³/mol. The Bertz CT molecular complexity index is 924. The van der Waals surface area contributed by atoms with Crippen LogP contribution >= 0.6 is 0 Å². The average Bonchev–Trinajstić information content (AvgIpc) is 3.53. The van der Waals surface area contributed by atoms with E-state index in [9.17, 15) is 9.18 Å². The summed E-state index contributed by atoms with van der Waals surface area (Å²) in [5.74, 6) is 1.58. The minimum atomic E-state index is -0.226. The maximum absolute atomic E-state index is 13.2. The number of carbonyl (C=O) groups is 1. The summed E-state index contributed by atoms with van der Waals surface area (Å²) >= 11 is 0. The fourth-order valence-corrected chi connectivity index (χ4v) is 4.30. The molecular weight excluding hydrogens is 397 g/mol. The maximum Gasteiger partial charge on any atom is 0.236 e. The van der Waals surface area contributed by atoms with Gasteiger partial charge in [0.25, 0.3) is 0 Å². The van der Waals surface area contributed by atoms with E-state index < -0.39 is 0 Å². The van der Waals surface area contributed by atoms with Gasteiger partial charge < -0.3 is 14.4 Å². The standard InChI is InChI=1S/C24H28FN3O3/c25-20-4-1-18(2-5-20)15-28(21-6-7-21)16-24(29)27-11-9-26(10-12-27)14-19-3-8-22-23(13-19)31-17-30-22/h1-5,8,13,21H,6-7,9-12,14-17H2. The van der Waals surface area contributed by atoms with E-state index in [1.807, 2.05) is 29.2 Å². The molecule has 3 aliphatic rings. The molecule has 0 aromatic heterocycles. The molecule has 1 amide bonds. The van der Waals surface area contributed by atoms with Crippen molar-refractivity contribution in [1.82, 2.24) is 14.7 Å². The number of piperazine rings is 1. The highest BCUT2D eigenvalue weighted by molar-refractivity contribution is 5.78. The molecule has 164 valence electrons. The molecule has 1 saturated heterocycles. The molecule has 31 heavy (non-hydrogen) atoms. The molecular formula is C24H28FN3O3. The molecule has 6 nitrogen and oxygen atoms in total. The zero-order chi connectivity index (χ0) is 21.2. The Balaban J connectivity index is 1.12. The molecule has 0 spiro atoms. The van der Waals surface area contributed by atoms with E-state index in [0.29, 0.717) is 25.9 Å². The summed E-state index contributed by atoms with van der Waals surface area (Å²) in [5, 5.41) is 0. The van der Waals surface area contributed by atoms with Crippen LogP contribution in [0.1, 0.15) is 24.0 Å². The van der Waals surface area contributed by atoms with E-state index in [0.717, 1.165) is 62.6 Å². The molecule has 0 unspecified atom stereocenters. The number of amides is 1. The van der Waals surface area contributed by atoms with Crippen molar-refractivity contribution < 1.29 is 18.7 Å². The fourth-order valence-electron chi connectivity index (χ4n) is 4.30. The normalized spacial score (nSPS) is 18.6. The van der Waals surface area contributed by atoms with E-state index in [1.165, 1.54) is 17.7 Å². The van der Waals surface area contributed by atoms with Gasteiger partial charge in [-0.1, -0.05) is 18.2 Å². The number of carbonyl (C=O) groups excluding carboxylic acids is 1. The molecule has 1 saturated carbocycles. The third kappa shape index (κ3) is 4.99. The summed E-state index contributed by atoms with van der Waals surface area (Å²) < 4.78 is 24.0. The van der Waals surface area contributed by atoms with Gasteiger partial charge in [0.2, 0.25) is 12.7 Å². The van der Waals surface area contributed by atoms with Gasteiger partial charge in [0.1, 0.15) is 5.82 Å². The monoisotopic (exact) mass is 425 g/mol. The van der Waals surface area contributed by atoms with Crippen LogP contribution in [0.4, 0.5) is 4.39 Å². The van der Waals surface area contributed by atoms with Gasteiger partial charge in [-0.25, -0.2) is 4.39 Å². The van der Waals surface area contributed by atoms with E-state index in [2.05, 4.69) is 15.9 Å². The van der Waals surface area contributed by atoms with Crippen molar-refractivity contribution >= 4 is 5.91 Å². The minimum Gasteiger partial charge on any atom is -0.454 e. The summed E-state index contributed by atoms with van der Waals surface area (Å²) in [6, 6.07) is 13.2. The molecule has 7 heteroatoms. The summed E-state index contributed by atoms with van der Waals surface area (Å²) in [4.78, 5) is 19.6. The first-order chi connectivity index (χ1) is 15.1. The molecule has 0 atom stereocenters. The highest BCUT2D eigenvalue weighted by Crippen LogP contribution is 2.33. The molecule has 0 bridgehead atoms. The van der Waals surface area contributed by atoms with Crippen LogP contribution in [0.2, 0.25) is 0 Å². The van der Waals surface area contributed by atoms with Crippen molar-refractivity contribution in [1.29, 1.82) is 0 Å². The van der Waals surface area contributed by atoms with Crippen LogP contribution in [0, 0.1) is 5.82 Å². The number of benzene rings is 2. The smallest absolute Gasteiger partial charge is 0.236 e. The van der Waals surface area contributed by atoms with Crippen LogP contribution in [-0.2, 0) is 17.9 Å². The highest BCUT2D eigenvalue weighted by atomic mass is 19.1. The van der Waals surface area contributed by atoms with Gasteiger partial charge in [0.05, 0.1) is 6.54 Å². The summed E-state index contributed by atoms with van der Waals surface area (Å²) in [5.41, 5.74) is 2.25. The number of ether oxygens (including phenoxy) is 2. The lowest BCUT2D eigenvalue weighted by atomic mass is 10.1. The Hall–Kier alpha value is -2.64. The summed E-state index contributed by atoms with van der Waals surface area (Å²) in [6.07, 6.45) is 2.27. The van der Waals surface area contributed by atoms with E-state index >= 15 is 0 Å². The quantitative estimate of drug-likeness (QED) is 0.683. The van der Waals surface area contributed by atoms with Crippen LogP contribution in [0.25, 0.3) is 0 Å². The second kappa shape index (κ2) is 8.85. The van der Waals surface area contributed by atoms with Gasteiger partial charge in [-0.05, 0) is 48.2 Å². The second-order valence-electron chi connectivity index (χ2n) is 8.61. The van der Waals surface area contributed by atoms with E-state index in [1.54, 1.807) is 0 Å². The first kappa shape index (κ1) is 20.3. The van der Waals surface area contributed by atoms with Crippen LogP contribution in [0.3, 0.4) is 0 Å². The van der Waals surface area contributed by atoms with Crippen LogP contribution in [0.5, 0.6) is 11.5 Å². The number of rotatable bonds is 7. The van der Waals surface area contributed by atoms with Crippen molar-refractivity contribution in [2.45, 2.75) is 32.0 Å². The first-order valence-corrected chi connectivity index (χ1v) is 11.0. The molecule has 2 aromatic rings. The van der Waals surface area contributed by atoms with Gasteiger partial charge in [-0.3, -0.25) is 14.6 Å². The van der Waals surface area contributed by atoms with Crippen molar-refractivity contribution in [2.75, 3.05) is 39.5 Å². The van der Waals surface area contributed by atoms with Gasteiger partial charge in [-0.2, -0.15) is 0 Å². The Morgan fingerprint density at radius 3 is 2.42 bits per heavy atom. The van der Waals surface area contributed by atoms with Crippen molar-refractivity contribution in [3.05, 3.63) is 59.4 Å². The number of halogens is 1. The van der Waals surface area contributed by atoms with Gasteiger partial charge >= 0.3 is 0 Å². The van der Waals surface area contributed by atoms with Crippen molar-refractivity contribution in [3.8, 4) is 11.5 Å². The lowest BCUT2D eigenvalue weighted by Gasteiger charge is -2.36. The Morgan fingerprint density at radius 1 is 0.968 bits per heavy atom. The number of hydrogen-bond donors (Lipinski definition) is 0. The largest absolute Gasteiger partial charge is 0.454 e. The zero-order valence-corrected chi connectivity index (χ0v) is 17.6. The Kier molecular flexibility index (Phi) is 5.78. The highest BCUT2D eigenvalue weighted by Gasteiger charge is 2.32. The molecule has 2 aromatic carbocycles. The third-order valence-electron chi connectivity index (χ3n) is 6.27. The fraction of sp³-hybridized carbons (Fsp3) is 0.458. The van der Waals surface area contributed by atoms with Gasteiger partial charge in [0, 0.05) is 45.3 Å². The molecule has 2 heterocycles. The minimum absolute atomic E-state index is 0.191.